The number of rotatable bonds is 6. The van der Waals surface area contributed by atoms with Gasteiger partial charge in [0.2, 0.25) is 0 Å². The highest BCUT2D eigenvalue weighted by Crippen LogP contribution is 1.99. The average Bonchev–Trinajstić information content (AvgIpc) is 2.12. The van der Waals surface area contributed by atoms with Gasteiger partial charge < -0.3 is 15.9 Å². The molecule has 0 aromatic rings. The number of carbonyl (C=O) groups is 2. The fourth-order valence-corrected chi connectivity index (χ4v) is 0.807. The summed E-state index contributed by atoms with van der Waals surface area (Å²) in [5.41, 5.74) is 5.47. The first-order valence-electron chi connectivity index (χ1n) is 4.46. The molecular formula is C9H16N2O3. The molecule has 0 aliphatic heterocycles. The van der Waals surface area contributed by atoms with Crippen LogP contribution < -0.4 is 5.73 Å². The molecular weight excluding hydrogens is 184 g/mol. The van der Waals surface area contributed by atoms with Crippen LogP contribution in [0.2, 0.25) is 0 Å². The van der Waals surface area contributed by atoms with Crippen molar-refractivity contribution < 1.29 is 14.3 Å². The van der Waals surface area contributed by atoms with Gasteiger partial charge in [-0.2, -0.15) is 0 Å². The molecule has 14 heavy (non-hydrogen) atoms. The van der Waals surface area contributed by atoms with E-state index in [0.717, 1.165) is 6.21 Å². The summed E-state index contributed by atoms with van der Waals surface area (Å²) in [7, 11) is 0. The maximum absolute atomic E-state index is 11.1. The number of esters is 1. The molecule has 0 radical (unpaired) electrons. The molecule has 0 aliphatic carbocycles. The molecule has 0 amide bonds. The van der Waals surface area contributed by atoms with Gasteiger partial charge in [0.05, 0.1) is 12.3 Å². The zero-order valence-electron chi connectivity index (χ0n) is 8.45. The van der Waals surface area contributed by atoms with Crippen molar-refractivity contribution in [2.24, 2.45) is 5.73 Å². The molecule has 5 heteroatoms. The third kappa shape index (κ3) is 5.42. The third-order valence-electron chi connectivity index (χ3n) is 1.52. The van der Waals surface area contributed by atoms with Crippen LogP contribution in [0.25, 0.3) is 0 Å². The van der Waals surface area contributed by atoms with Crippen LogP contribution in [0.1, 0.15) is 26.7 Å². The highest BCUT2D eigenvalue weighted by atomic mass is 16.5. The largest absolute Gasteiger partial charge is 0.462 e. The molecule has 0 bridgehead atoms. The lowest BCUT2D eigenvalue weighted by Gasteiger charge is -2.12. The van der Waals surface area contributed by atoms with Gasteiger partial charge in [0.25, 0.3) is 0 Å². The second-order valence-electron chi connectivity index (χ2n) is 3.24. The van der Waals surface area contributed by atoms with Crippen molar-refractivity contribution in [1.29, 1.82) is 5.41 Å². The summed E-state index contributed by atoms with van der Waals surface area (Å²) in [5, 5.41) is 6.64. The molecule has 0 saturated heterocycles. The van der Waals surface area contributed by atoms with Crippen LogP contribution in [-0.2, 0) is 14.3 Å². The Labute approximate surface area is 83.1 Å². The Morgan fingerprint density at radius 1 is 1.50 bits per heavy atom. The summed E-state index contributed by atoms with van der Waals surface area (Å²) in [6, 6.07) is -0.777. The zero-order chi connectivity index (χ0) is 11.1. The van der Waals surface area contributed by atoms with Crippen LogP contribution in [0, 0.1) is 5.41 Å². The lowest BCUT2D eigenvalue weighted by Crippen LogP contribution is -2.34. The quantitative estimate of drug-likeness (QED) is 0.475. The van der Waals surface area contributed by atoms with Gasteiger partial charge in [0.1, 0.15) is 6.04 Å². The molecule has 1 atom stereocenters. The molecule has 0 aromatic carbocycles. The van der Waals surface area contributed by atoms with Gasteiger partial charge in [-0.1, -0.05) is 0 Å². The molecule has 0 spiro atoms. The fourth-order valence-electron chi connectivity index (χ4n) is 0.807. The van der Waals surface area contributed by atoms with Crippen LogP contribution in [0.4, 0.5) is 0 Å². The molecule has 5 nitrogen and oxygen atoms in total. The van der Waals surface area contributed by atoms with Crippen LogP contribution in [0.15, 0.2) is 0 Å². The van der Waals surface area contributed by atoms with Gasteiger partial charge >= 0.3 is 5.97 Å². The smallest absolute Gasteiger partial charge is 0.323 e. The SMILES string of the molecule is CC(C)OC(=O)C(N)CCC(=O)C=N. The second-order valence-corrected chi connectivity index (χ2v) is 3.24. The van der Waals surface area contributed by atoms with E-state index in [1.807, 2.05) is 0 Å². The van der Waals surface area contributed by atoms with Crippen molar-refractivity contribution in [3.63, 3.8) is 0 Å². The predicted octanol–water partition coefficient (Wildman–Crippen LogP) is 0.264. The Hall–Kier alpha value is -1.23. The van der Waals surface area contributed by atoms with Crippen molar-refractivity contribution in [1.82, 2.24) is 0 Å². The Morgan fingerprint density at radius 2 is 2.07 bits per heavy atom. The van der Waals surface area contributed by atoms with Gasteiger partial charge in [0.15, 0.2) is 5.78 Å². The Kier molecular flexibility index (Phi) is 5.71. The average molecular weight is 200 g/mol. The minimum atomic E-state index is -0.777. The molecule has 0 heterocycles. The molecule has 80 valence electrons. The Bertz CT molecular complexity index is 226. The Balaban J connectivity index is 3.83. The maximum atomic E-state index is 11.1. The van der Waals surface area contributed by atoms with Gasteiger partial charge in [-0.15, -0.1) is 0 Å². The normalized spacial score (nSPS) is 12.3. The maximum Gasteiger partial charge on any atom is 0.323 e. The lowest BCUT2D eigenvalue weighted by atomic mass is 10.1. The predicted molar refractivity (Wildman–Crippen MR) is 52.2 cm³/mol. The number of Topliss-reactive ketones (excluding diaryl/α,β-unsaturated/α-hetero) is 1. The van der Waals surface area contributed by atoms with E-state index < -0.39 is 12.0 Å². The summed E-state index contributed by atoms with van der Waals surface area (Å²) in [6.45, 7) is 3.46. The van der Waals surface area contributed by atoms with Gasteiger partial charge in [0, 0.05) is 6.42 Å². The number of hydrogen-bond donors (Lipinski definition) is 2. The number of ether oxygens (including phenoxy) is 1. The summed E-state index contributed by atoms with van der Waals surface area (Å²) in [6.07, 6.45) is 0.852. The molecule has 0 saturated carbocycles. The molecule has 0 rings (SSSR count). The van der Waals surface area contributed by atoms with E-state index in [1.54, 1.807) is 13.8 Å². The van der Waals surface area contributed by atoms with E-state index in [-0.39, 0.29) is 24.7 Å². The van der Waals surface area contributed by atoms with Crippen molar-refractivity contribution in [2.45, 2.75) is 38.8 Å². The third-order valence-corrected chi connectivity index (χ3v) is 1.52. The monoisotopic (exact) mass is 200 g/mol. The highest BCUT2D eigenvalue weighted by molar-refractivity contribution is 6.26. The molecule has 0 aliphatic rings. The summed E-state index contributed by atoms with van der Waals surface area (Å²) >= 11 is 0. The van der Waals surface area contributed by atoms with Crippen molar-refractivity contribution in [3.8, 4) is 0 Å². The lowest BCUT2D eigenvalue weighted by molar-refractivity contribution is -0.149. The first-order valence-corrected chi connectivity index (χ1v) is 4.46. The number of carbonyl (C=O) groups excluding carboxylic acids is 2. The first kappa shape index (κ1) is 12.8. The van der Waals surface area contributed by atoms with E-state index in [1.165, 1.54) is 0 Å². The minimum absolute atomic E-state index is 0.109. The number of nitrogens with two attached hydrogens (primary N) is 1. The summed E-state index contributed by atoms with van der Waals surface area (Å²) in [4.78, 5) is 21.8. The number of hydrogen-bond acceptors (Lipinski definition) is 5. The van der Waals surface area contributed by atoms with Crippen LogP contribution in [-0.4, -0.2) is 30.1 Å². The zero-order valence-corrected chi connectivity index (χ0v) is 8.45. The van der Waals surface area contributed by atoms with Crippen molar-refractivity contribution in [3.05, 3.63) is 0 Å². The highest BCUT2D eigenvalue weighted by Gasteiger charge is 2.16. The van der Waals surface area contributed by atoms with E-state index >= 15 is 0 Å². The van der Waals surface area contributed by atoms with Gasteiger partial charge in [-0.05, 0) is 20.3 Å². The molecule has 3 N–H and O–H groups in total. The van der Waals surface area contributed by atoms with Gasteiger partial charge in [-0.25, -0.2) is 0 Å². The number of ketones is 1. The molecule has 0 fully saturated rings. The standard InChI is InChI=1S/C9H16N2O3/c1-6(2)14-9(13)8(11)4-3-7(12)5-10/h5-6,8,10H,3-4,11H2,1-2H3. The minimum Gasteiger partial charge on any atom is -0.462 e. The Morgan fingerprint density at radius 3 is 2.50 bits per heavy atom. The van der Waals surface area contributed by atoms with E-state index in [2.05, 4.69) is 0 Å². The second kappa shape index (κ2) is 6.26. The van der Waals surface area contributed by atoms with Crippen molar-refractivity contribution in [2.75, 3.05) is 0 Å². The van der Waals surface area contributed by atoms with E-state index in [9.17, 15) is 9.59 Å². The summed E-state index contributed by atoms with van der Waals surface area (Å²) < 4.78 is 4.85. The van der Waals surface area contributed by atoms with E-state index in [4.69, 9.17) is 15.9 Å². The fraction of sp³-hybridized carbons (Fsp3) is 0.667. The van der Waals surface area contributed by atoms with Crippen LogP contribution >= 0.6 is 0 Å². The van der Waals surface area contributed by atoms with Gasteiger partial charge in [-0.3, -0.25) is 9.59 Å². The number of nitrogens with one attached hydrogen (secondary N) is 1. The van der Waals surface area contributed by atoms with E-state index in [0.29, 0.717) is 0 Å². The van der Waals surface area contributed by atoms with Crippen molar-refractivity contribution >= 4 is 18.0 Å². The molecule has 1 unspecified atom stereocenters. The topological polar surface area (TPSA) is 93.2 Å². The summed E-state index contributed by atoms with van der Waals surface area (Å²) in [5.74, 6) is -0.837. The van der Waals surface area contributed by atoms with Crippen LogP contribution in [0.3, 0.4) is 0 Å². The molecule has 0 aromatic heterocycles. The first-order chi connectivity index (χ1) is 6.47. The van der Waals surface area contributed by atoms with Crippen LogP contribution in [0.5, 0.6) is 0 Å².